The van der Waals surface area contributed by atoms with Crippen molar-refractivity contribution >= 4 is 23.0 Å². The number of piperidine rings is 1. The number of rotatable bonds is 4. The van der Waals surface area contributed by atoms with Crippen molar-refractivity contribution < 1.29 is 4.79 Å². The van der Waals surface area contributed by atoms with E-state index in [-0.39, 0.29) is 5.91 Å². The molecule has 0 aromatic carbocycles. The molecule has 4 nitrogen and oxygen atoms in total. The summed E-state index contributed by atoms with van der Waals surface area (Å²) < 4.78 is 0. The lowest BCUT2D eigenvalue weighted by molar-refractivity contribution is -0.122. The molecule has 1 N–H and O–H groups in total. The molecule has 1 aromatic rings. The van der Waals surface area contributed by atoms with Crippen LogP contribution in [0.1, 0.15) is 31.1 Å². The van der Waals surface area contributed by atoms with Gasteiger partial charge in [-0.05, 0) is 44.3 Å². The van der Waals surface area contributed by atoms with E-state index < -0.39 is 0 Å². The number of thiophene rings is 1. The molecule has 1 fully saturated rings. The lowest BCUT2D eigenvalue weighted by Gasteiger charge is -2.25. The zero-order valence-electron chi connectivity index (χ0n) is 10.7. The molecular formula is C13H19N3OS. The van der Waals surface area contributed by atoms with Crippen LogP contribution in [0.25, 0.3) is 0 Å². The Bertz CT molecular complexity index is 408. The predicted molar refractivity (Wildman–Crippen MR) is 75.0 cm³/mol. The van der Waals surface area contributed by atoms with Crippen LogP contribution in [0.3, 0.4) is 0 Å². The third-order valence-electron chi connectivity index (χ3n) is 3.04. The summed E-state index contributed by atoms with van der Waals surface area (Å²) in [6.45, 7) is 4.43. The highest BCUT2D eigenvalue weighted by atomic mass is 32.1. The Hall–Kier alpha value is -1.20. The second-order valence-electron chi connectivity index (χ2n) is 4.55. The molecule has 2 heterocycles. The Morgan fingerprint density at radius 3 is 2.89 bits per heavy atom. The Kier molecular flexibility index (Phi) is 4.90. The van der Waals surface area contributed by atoms with Crippen LogP contribution in [-0.2, 0) is 4.79 Å². The summed E-state index contributed by atoms with van der Waals surface area (Å²) in [6, 6.07) is 3.98. The number of carbonyl (C=O) groups is 1. The number of hydrogen-bond acceptors (Lipinski definition) is 4. The van der Waals surface area contributed by atoms with Gasteiger partial charge < -0.3 is 0 Å². The maximum atomic E-state index is 11.7. The van der Waals surface area contributed by atoms with E-state index in [1.165, 1.54) is 19.3 Å². The van der Waals surface area contributed by atoms with Crippen LogP contribution < -0.4 is 5.43 Å². The fourth-order valence-corrected chi connectivity index (χ4v) is 2.72. The number of nitrogens with one attached hydrogen (secondary N) is 1. The average molecular weight is 265 g/mol. The van der Waals surface area contributed by atoms with Crippen molar-refractivity contribution in [3.63, 3.8) is 0 Å². The van der Waals surface area contributed by atoms with Gasteiger partial charge in [0.2, 0.25) is 0 Å². The van der Waals surface area contributed by atoms with Crippen LogP contribution in [0, 0.1) is 0 Å². The Morgan fingerprint density at radius 2 is 2.22 bits per heavy atom. The van der Waals surface area contributed by atoms with Gasteiger partial charge in [-0.3, -0.25) is 9.69 Å². The van der Waals surface area contributed by atoms with Gasteiger partial charge in [-0.25, -0.2) is 5.43 Å². The number of likely N-dealkylation sites (tertiary alicyclic amines) is 1. The Labute approximate surface area is 112 Å². The highest BCUT2D eigenvalue weighted by Crippen LogP contribution is 2.09. The lowest BCUT2D eigenvalue weighted by atomic mass is 10.1. The smallest absolute Gasteiger partial charge is 0.254 e. The topological polar surface area (TPSA) is 44.7 Å². The van der Waals surface area contributed by atoms with Gasteiger partial charge in [0.1, 0.15) is 0 Å². The number of nitrogens with zero attached hydrogens (tertiary/aromatic N) is 2. The summed E-state index contributed by atoms with van der Waals surface area (Å²) in [5.41, 5.74) is 3.49. The van der Waals surface area contributed by atoms with Crippen molar-refractivity contribution in [1.29, 1.82) is 0 Å². The van der Waals surface area contributed by atoms with Crippen molar-refractivity contribution in [3.8, 4) is 0 Å². The molecule has 5 heteroatoms. The van der Waals surface area contributed by atoms with E-state index >= 15 is 0 Å². The molecule has 1 aliphatic heterocycles. The monoisotopic (exact) mass is 265 g/mol. The van der Waals surface area contributed by atoms with Crippen LogP contribution in [0.4, 0.5) is 0 Å². The number of carbonyl (C=O) groups excluding carboxylic acids is 1. The molecule has 18 heavy (non-hydrogen) atoms. The van der Waals surface area contributed by atoms with Gasteiger partial charge in [-0.1, -0.05) is 12.5 Å². The van der Waals surface area contributed by atoms with Gasteiger partial charge in [0.15, 0.2) is 0 Å². The Balaban J connectivity index is 1.78. The summed E-state index contributed by atoms with van der Waals surface area (Å²) >= 11 is 1.63. The zero-order chi connectivity index (χ0) is 12.8. The van der Waals surface area contributed by atoms with Crippen LogP contribution in [0.15, 0.2) is 22.6 Å². The van der Waals surface area contributed by atoms with E-state index in [9.17, 15) is 4.79 Å². The molecule has 98 valence electrons. The highest BCUT2D eigenvalue weighted by molar-refractivity contribution is 7.12. The molecule has 2 rings (SSSR count). The van der Waals surface area contributed by atoms with Crippen LogP contribution in [0.5, 0.6) is 0 Å². The molecular weight excluding hydrogens is 246 g/mol. The zero-order valence-corrected chi connectivity index (χ0v) is 11.5. The first-order chi connectivity index (χ1) is 8.75. The largest absolute Gasteiger partial charge is 0.294 e. The molecule has 1 saturated heterocycles. The highest BCUT2D eigenvalue weighted by Gasteiger charge is 2.13. The summed E-state index contributed by atoms with van der Waals surface area (Å²) in [5.74, 6) is -0.0205. The van der Waals surface area contributed by atoms with Crippen LogP contribution >= 0.6 is 11.3 Å². The summed E-state index contributed by atoms with van der Waals surface area (Å²) in [6.07, 6.45) is 3.68. The second kappa shape index (κ2) is 6.66. The maximum absolute atomic E-state index is 11.7. The normalized spacial score (nSPS) is 17.7. The minimum Gasteiger partial charge on any atom is -0.294 e. The van der Waals surface area contributed by atoms with Crippen LogP contribution in [-0.4, -0.2) is 36.2 Å². The van der Waals surface area contributed by atoms with Gasteiger partial charge in [0.05, 0.1) is 12.3 Å². The molecule has 0 unspecified atom stereocenters. The SMILES string of the molecule is C/C(=N/NC(=O)CN1CCCCC1)c1cccs1. The van der Waals surface area contributed by atoms with E-state index in [1.807, 2.05) is 24.4 Å². The van der Waals surface area contributed by atoms with Gasteiger partial charge >= 0.3 is 0 Å². The van der Waals surface area contributed by atoms with E-state index in [0.29, 0.717) is 6.54 Å². The van der Waals surface area contributed by atoms with Gasteiger partial charge in [0, 0.05) is 4.88 Å². The van der Waals surface area contributed by atoms with Gasteiger partial charge in [0.25, 0.3) is 5.91 Å². The minimum atomic E-state index is -0.0205. The second-order valence-corrected chi connectivity index (χ2v) is 5.49. The fraction of sp³-hybridized carbons (Fsp3) is 0.538. The molecule has 1 aliphatic rings. The first kappa shape index (κ1) is 13.2. The fourth-order valence-electron chi connectivity index (χ4n) is 2.04. The van der Waals surface area contributed by atoms with E-state index in [4.69, 9.17) is 0 Å². The summed E-state index contributed by atoms with van der Waals surface area (Å²) in [4.78, 5) is 15.0. The third kappa shape index (κ3) is 3.92. The molecule has 1 aromatic heterocycles. The molecule has 0 aliphatic carbocycles. The average Bonchev–Trinajstić information content (AvgIpc) is 2.91. The lowest BCUT2D eigenvalue weighted by Crippen LogP contribution is -2.38. The summed E-state index contributed by atoms with van der Waals surface area (Å²) in [5, 5.41) is 6.14. The molecule has 0 saturated carbocycles. The Morgan fingerprint density at radius 1 is 1.44 bits per heavy atom. The first-order valence-corrected chi connectivity index (χ1v) is 7.23. The molecule has 0 radical (unpaired) electrons. The van der Waals surface area contributed by atoms with E-state index in [1.54, 1.807) is 11.3 Å². The van der Waals surface area contributed by atoms with Crippen molar-refractivity contribution in [3.05, 3.63) is 22.4 Å². The minimum absolute atomic E-state index is 0.0205. The number of amides is 1. The predicted octanol–water partition coefficient (Wildman–Crippen LogP) is 2.07. The molecule has 0 atom stereocenters. The molecule has 1 amide bonds. The maximum Gasteiger partial charge on any atom is 0.254 e. The number of hydrazone groups is 1. The van der Waals surface area contributed by atoms with Crippen molar-refractivity contribution in [2.24, 2.45) is 5.10 Å². The van der Waals surface area contributed by atoms with E-state index in [0.717, 1.165) is 23.7 Å². The quantitative estimate of drug-likeness (QED) is 0.669. The van der Waals surface area contributed by atoms with E-state index in [2.05, 4.69) is 15.4 Å². The first-order valence-electron chi connectivity index (χ1n) is 6.35. The van der Waals surface area contributed by atoms with Crippen molar-refractivity contribution in [2.75, 3.05) is 19.6 Å². The molecule has 0 bridgehead atoms. The van der Waals surface area contributed by atoms with Crippen molar-refractivity contribution in [1.82, 2.24) is 10.3 Å². The summed E-state index contributed by atoms with van der Waals surface area (Å²) in [7, 11) is 0. The van der Waals surface area contributed by atoms with Gasteiger partial charge in [-0.2, -0.15) is 5.10 Å². The van der Waals surface area contributed by atoms with Crippen molar-refractivity contribution in [2.45, 2.75) is 26.2 Å². The number of hydrogen-bond donors (Lipinski definition) is 1. The van der Waals surface area contributed by atoms with Crippen LogP contribution in [0.2, 0.25) is 0 Å². The standard InChI is InChI=1S/C13H19N3OS/c1-11(12-6-5-9-18-12)14-15-13(17)10-16-7-3-2-4-8-16/h5-6,9H,2-4,7-8,10H2,1H3,(H,15,17)/b14-11-. The third-order valence-corrected chi connectivity index (χ3v) is 4.02. The molecule has 0 spiro atoms. The van der Waals surface area contributed by atoms with Gasteiger partial charge in [-0.15, -0.1) is 11.3 Å².